The van der Waals surface area contributed by atoms with Crippen molar-refractivity contribution in [2.45, 2.75) is 32.6 Å². The topological polar surface area (TPSA) is 26.3 Å². The van der Waals surface area contributed by atoms with Crippen molar-refractivity contribution in [3.8, 4) is 5.75 Å². The fourth-order valence-corrected chi connectivity index (χ4v) is 2.98. The van der Waals surface area contributed by atoms with Crippen LogP contribution in [0.15, 0.2) is 42.5 Å². The van der Waals surface area contributed by atoms with E-state index in [-0.39, 0.29) is 11.2 Å². The summed E-state index contributed by atoms with van der Waals surface area (Å²) < 4.78 is 5.41. The van der Waals surface area contributed by atoms with Gasteiger partial charge in [-0.15, -0.1) is 0 Å². The Morgan fingerprint density at radius 1 is 1.00 bits per heavy atom. The minimum absolute atomic E-state index is 0.130. The number of hydrogen-bond donors (Lipinski definition) is 0. The minimum Gasteiger partial charge on any atom is -0.496 e. The molecule has 0 bridgehead atoms. The molecule has 2 nitrogen and oxygen atoms in total. The number of allylic oxidation sites excluding steroid dienone is 1. The normalized spacial score (nSPS) is 14.3. The summed E-state index contributed by atoms with van der Waals surface area (Å²) >= 11 is 0. The summed E-state index contributed by atoms with van der Waals surface area (Å²) in [6.07, 6.45) is 2.52. The molecular formula is C21H22O2. The van der Waals surface area contributed by atoms with Crippen LogP contribution in [0.25, 0.3) is 11.6 Å². The summed E-state index contributed by atoms with van der Waals surface area (Å²) in [6, 6.07) is 14.2. The monoisotopic (exact) mass is 306 g/mol. The maximum Gasteiger partial charge on any atom is 0.167 e. The van der Waals surface area contributed by atoms with Crippen LogP contribution < -0.4 is 4.74 Å². The van der Waals surface area contributed by atoms with Gasteiger partial charge in [-0.25, -0.2) is 0 Å². The standard InChI is InChI=1S/C21H22O2/c1-21(2,3)16-10-8-14(9-11-16)15-12-18-17(19(22)13-15)6-5-7-20(18)23-4/h5-12H,13H2,1-4H3. The van der Waals surface area contributed by atoms with Crippen LogP contribution in [0.1, 0.15) is 54.2 Å². The first-order chi connectivity index (χ1) is 10.9. The Bertz CT molecular complexity index is 774. The average Bonchev–Trinajstić information content (AvgIpc) is 2.53. The molecular weight excluding hydrogens is 284 g/mol. The fraction of sp³-hybridized carbons (Fsp3) is 0.286. The van der Waals surface area contributed by atoms with E-state index >= 15 is 0 Å². The molecule has 1 aliphatic rings. The molecule has 0 N–H and O–H groups in total. The number of benzene rings is 2. The number of ether oxygens (including phenoxy) is 1. The lowest BCUT2D eigenvalue weighted by atomic mass is 9.84. The van der Waals surface area contributed by atoms with Gasteiger partial charge in [0, 0.05) is 17.5 Å². The van der Waals surface area contributed by atoms with Gasteiger partial charge in [0.05, 0.1) is 7.11 Å². The van der Waals surface area contributed by atoms with Gasteiger partial charge in [-0.3, -0.25) is 4.79 Å². The molecule has 0 radical (unpaired) electrons. The zero-order chi connectivity index (χ0) is 16.6. The number of methoxy groups -OCH3 is 1. The summed E-state index contributed by atoms with van der Waals surface area (Å²) in [6.45, 7) is 6.60. The van der Waals surface area contributed by atoms with Gasteiger partial charge < -0.3 is 4.74 Å². The lowest BCUT2D eigenvalue weighted by molar-refractivity contribution is 0.0997. The molecule has 0 unspecified atom stereocenters. The molecule has 2 aromatic carbocycles. The number of carbonyl (C=O) groups excluding carboxylic acids is 1. The first-order valence-electron chi connectivity index (χ1n) is 7.92. The zero-order valence-electron chi connectivity index (χ0n) is 14.1. The van der Waals surface area contributed by atoms with Crippen molar-refractivity contribution < 1.29 is 9.53 Å². The van der Waals surface area contributed by atoms with Crippen LogP contribution in [0.3, 0.4) is 0 Å². The summed E-state index contributed by atoms with van der Waals surface area (Å²) in [5.74, 6) is 0.899. The van der Waals surface area contributed by atoms with E-state index < -0.39 is 0 Å². The van der Waals surface area contributed by atoms with Crippen molar-refractivity contribution in [1.82, 2.24) is 0 Å². The maximum atomic E-state index is 12.5. The van der Waals surface area contributed by atoms with E-state index in [2.05, 4.69) is 51.1 Å². The van der Waals surface area contributed by atoms with Gasteiger partial charge in [-0.1, -0.05) is 57.2 Å². The van der Waals surface area contributed by atoms with Gasteiger partial charge in [-0.2, -0.15) is 0 Å². The maximum absolute atomic E-state index is 12.5. The van der Waals surface area contributed by atoms with Gasteiger partial charge in [0.1, 0.15) is 5.75 Å². The van der Waals surface area contributed by atoms with Crippen LogP contribution in [0.2, 0.25) is 0 Å². The van der Waals surface area contributed by atoms with E-state index in [4.69, 9.17) is 4.74 Å². The largest absolute Gasteiger partial charge is 0.496 e. The van der Waals surface area contributed by atoms with Gasteiger partial charge in [0.25, 0.3) is 0 Å². The Kier molecular flexibility index (Phi) is 3.85. The summed E-state index contributed by atoms with van der Waals surface area (Å²) in [4.78, 5) is 12.5. The smallest absolute Gasteiger partial charge is 0.167 e. The van der Waals surface area contributed by atoms with E-state index in [1.165, 1.54) is 5.56 Å². The van der Waals surface area contributed by atoms with Crippen molar-refractivity contribution in [3.05, 3.63) is 64.7 Å². The second-order valence-electron chi connectivity index (χ2n) is 7.02. The molecule has 3 rings (SSSR count). The molecule has 0 spiro atoms. The second kappa shape index (κ2) is 5.69. The molecule has 1 aliphatic carbocycles. The molecule has 0 saturated heterocycles. The van der Waals surface area contributed by atoms with Crippen LogP contribution >= 0.6 is 0 Å². The highest BCUT2D eigenvalue weighted by molar-refractivity contribution is 6.12. The minimum atomic E-state index is 0.130. The summed E-state index contributed by atoms with van der Waals surface area (Å²) in [5.41, 5.74) is 5.21. The molecule has 0 aliphatic heterocycles. The second-order valence-corrected chi connectivity index (χ2v) is 7.02. The number of rotatable bonds is 2. The highest BCUT2D eigenvalue weighted by Crippen LogP contribution is 2.35. The number of Topliss-reactive ketones (excluding diaryl/α,β-unsaturated/α-hetero) is 1. The Labute approximate surface area is 137 Å². The Balaban J connectivity index is 2.04. The SMILES string of the molecule is COc1cccc2c1C=C(c1ccc(C(C)(C)C)cc1)CC2=O. The lowest BCUT2D eigenvalue weighted by Crippen LogP contribution is -2.11. The highest BCUT2D eigenvalue weighted by atomic mass is 16.5. The molecule has 0 fully saturated rings. The van der Waals surface area contributed by atoms with Gasteiger partial charge in [0.15, 0.2) is 5.78 Å². The lowest BCUT2D eigenvalue weighted by Gasteiger charge is -2.21. The number of ketones is 1. The predicted molar refractivity (Wildman–Crippen MR) is 95.0 cm³/mol. The molecule has 23 heavy (non-hydrogen) atoms. The first kappa shape index (κ1) is 15.5. The van der Waals surface area contributed by atoms with Crippen molar-refractivity contribution in [1.29, 1.82) is 0 Å². The van der Waals surface area contributed by atoms with Crippen molar-refractivity contribution in [2.75, 3.05) is 7.11 Å². The third kappa shape index (κ3) is 2.94. The number of hydrogen-bond acceptors (Lipinski definition) is 2. The third-order valence-electron chi connectivity index (χ3n) is 4.38. The zero-order valence-corrected chi connectivity index (χ0v) is 14.1. The summed E-state index contributed by atoms with van der Waals surface area (Å²) in [7, 11) is 1.64. The molecule has 2 aromatic rings. The molecule has 0 saturated carbocycles. The van der Waals surface area contributed by atoms with Crippen LogP contribution in [0.5, 0.6) is 5.75 Å². The highest BCUT2D eigenvalue weighted by Gasteiger charge is 2.22. The molecule has 2 heteroatoms. The van der Waals surface area contributed by atoms with Crippen molar-refractivity contribution in [3.63, 3.8) is 0 Å². The summed E-state index contributed by atoms with van der Waals surface area (Å²) in [5, 5.41) is 0. The Morgan fingerprint density at radius 3 is 2.30 bits per heavy atom. The van der Waals surface area contributed by atoms with Crippen LogP contribution in [-0.4, -0.2) is 12.9 Å². The van der Waals surface area contributed by atoms with E-state index in [1.807, 2.05) is 18.2 Å². The van der Waals surface area contributed by atoms with Crippen LogP contribution in [0, 0.1) is 0 Å². The van der Waals surface area contributed by atoms with Gasteiger partial charge in [-0.05, 0) is 34.3 Å². The fourth-order valence-electron chi connectivity index (χ4n) is 2.98. The molecule has 0 amide bonds. The van der Waals surface area contributed by atoms with Crippen molar-refractivity contribution >= 4 is 17.4 Å². The van der Waals surface area contributed by atoms with Gasteiger partial charge in [0.2, 0.25) is 0 Å². The predicted octanol–water partition coefficient (Wildman–Crippen LogP) is 5.12. The number of fused-ring (bicyclic) bond motifs is 1. The number of carbonyl (C=O) groups is 1. The quantitative estimate of drug-likeness (QED) is 0.769. The average molecular weight is 306 g/mol. The third-order valence-corrected chi connectivity index (χ3v) is 4.38. The molecule has 0 atom stereocenters. The van der Waals surface area contributed by atoms with Crippen LogP contribution in [-0.2, 0) is 5.41 Å². The first-order valence-corrected chi connectivity index (χ1v) is 7.92. The Morgan fingerprint density at radius 2 is 1.70 bits per heavy atom. The van der Waals surface area contributed by atoms with Crippen molar-refractivity contribution in [2.24, 2.45) is 0 Å². The van der Waals surface area contributed by atoms with E-state index in [0.29, 0.717) is 6.42 Å². The van der Waals surface area contributed by atoms with Crippen LogP contribution in [0.4, 0.5) is 0 Å². The van der Waals surface area contributed by atoms with E-state index in [1.54, 1.807) is 7.11 Å². The van der Waals surface area contributed by atoms with Gasteiger partial charge >= 0.3 is 0 Å². The van der Waals surface area contributed by atoms with E-state index in [9.17, 15) is 4.79 Å². The molecule has 118 valence electrons. The molecule has 0 heterocycles. The Hall–Kier alpha value is -2.35. The van der Waals surface area contributed by atoms with E-state index in [0.717, 1.165) is 28.0 Å². The molecule has 0 aromatic heterocycles.